The third-order valence-corrected chi connectivity index (χ3v) is 7.51. The maximum absolute atomic E-state index is 13.6. The summed E-state index contributed by atoms with van der Waals surface area (Å²) in [5.41, 5.74) is 7.00. The molecule has 2 aromatic carbocycles. The van der Waals surface area contributed by atoms with Gasteiger partial charge in [0.15, 0.2) is 0 Å². The molecule has 6 nitrogen and oxygen atoms in total. The van der Waals surface area contributed by atoms with Crippen LogP contribution >= 0.6 is 0 Å². The predicted molar refractivity (Wildman–Crippen MR) is 145 cm³/mol. The molecule has 36 heavy (non-hydrogen) atoms. The van der Waals surface area contributed by atoms with Crippen molar-refractivity contribution in [3.63, 3.8) is 0 Å². The number of hydrogen-bond acceptors (Lipinski definition) is 4. The van der Waals surface area contributed by atoms with Crippen molar-refractivity contribution in [3.05, 3.63) is 64.7 Å². The highest BCUT2D eigenvalue weighted by Crippen LogP contribution is 2.34. The zero-order chi connectivity index (χ0) is 25.8. The lowest BCUT2D eigenvalue weighted by molar-refractivity contribution is -0.124. The summed E-state index contributed by atoms with van der Waals surface area (Å²) in [5.74, 6) is -0.533. The van der Waals surface area contributed by atoms with Gasteiger partial charge in [0.2, 0.25) is 5.91 Å². The molecule has 2 N–H and O–H groups in total. The van der Waals surface area contributed by atoms with Crippen LogP contribution in [0.1, 0.15) is 55.1 Å². The minimum Gasteiger partial charge on any atom is -0.381 e. The number of ether oxygens (including phenoxy) is 1. The number of aryl methyl sites for hydroxylation is 1. The molecule has 0 radical (unpaired) electrons. The minimum absolute atomic E-state index is 0.0191. The third-order valence-electron chi connectivity index (χ3n) is 7.51. The van der Waals surface area contributed by atoms with Crippen LogP contribution in [0.3, 0.4) is 0 Å². The van der Waals surface area contributed by atoms with Gasteiger partial charge in [-0.1, -0.05) is 41.5 Å². The summed E-state index contributed by atoms with van der Waals surface area (Å²) >= 11 is 0. The fourth-order valence-electron chi connectivity index (χ4n) is 5.40. The number of hydrogen-bond donors (Lipinski definition) is 2. The minimum atomic E-state index is -0.348. The summed E-state index contributed by atoms with van der Waals surface area (Å²) in [7, 11) is 0. The highest BCUT2D eigenvalue weighted by Gasteiger charge is 2.28. The van der Waals surface area contributed by atoms with Gasteiger partial charge >= 0.3 is 0 Å². The summed E-state index contributed by atoms with van der Waals surface area (Å²) < 4.78 is 5.61. The van der Waals surface area contributed by atoms with Crippen molar-refractivity contribution >= 4 is 17.5 Å². The molecule has 2 heterocycles. The van der Waals surface area contributed by atoms with E-state index < -0.39 is 0 Å². The molecule has 2 aromatic rings. The average molecular weight is 490 g/mol. The summed E-state index contributed by atoms with van der Waals surface area (Å²) in [6, 6.07) is 13.0. The molecule has 1 fully saturated rings. The quantitative estimate of drug-likeness (QED) is 0.549. The first-order chi connectivity index (χ1) is 17.3. The van der Waals surface area contributed by atoms with Crippen LogP contribution in [0.2, 0.25) is 0 Å². The van der Waals surface area contributed by atoms with Crippen molar-refractivity contribution in [2.75, 3.05) is 31.2 Å². The molecule has 1 saturated heterocycles. The van der Waals surface area contributed by atoms with E-state index in [1.54, 1.807) is 0 Å². The maximum Gasteiger partial charge on any atom is 0.251 e. The molecule has 0 saturated carbocycles. The number of rotatable bonds is 7. The zero-order valence-electron chi connectivity index (χ0n) is 22.2. The van der Waals surface area contributed by atoms with Crippen LogP contribution in [-0.4, -0.2) is 50.2 Å². The molecule has 6 heteroatoms. The lowest BCUT2D eigenvalue weighted by Gasteiger charge is -2.37. The predicted octanol–water partition coefficient (Wildman–Crippen LogP) is 4.79. The number of nitrogens with zero attached hydrogens (tertiary/aromatic N) is 1. The molecule has 0 spiro atoms. The van der Waals surface area contributed by atoms with Crippen LogP contribution in [0.4, 0.5) is 5.69 Å². The number of amides is 2. The molecule has 0 aromatic heterocycles. The third kappa shape index (κ3) is 5.65. The Labute approximate surface area is 215 Å². The van der Waals surface area contributed by atoms with Crippen LogP contribution in [0.15, 0.2) is 48.0 Å². The van der Waals surface area contributed by atoms with Crippen LogP contribution < -0.4 is 15.5 Å². The van der Waals surface area contributed by atoms with Crippen molar-refractivity contribution in [1.82, 2.24) is 10.6 Å². The lowest BCUT2D eigenvalue weighted by atomic mass is 9.93. The van der Waals surface area contributed by atoms with E-state index in [2.05, 4.69) is 59.7 Å². The Hall–Kier alpha value is -3.12. The van der Waals surface area contributed by atoms with E-state index in [1.165, 1.54) is 5.56 Å². The average Bonchev–Trinajstić information content (AvgIpc) is 2.86. The van der Waals surface area contributed by atoms with Crippen LogP contribution in [0.25, 0.3) is 11.1 Å². The normalized spacial score (nSPS) is 20.5. The van der Waals surface area contributed by atoms with Gasteiger partial charge in [0.05, 0.1) is 5.92 Å². The molecule has 192 valence electrons. The van der Waals surface area contributed by atoms with Crippen molar-refractivity contribution in [3.8, 4) is 11.1 Å². The fourth-order valence-corrected chi connectivity index (χ4v) is 5.40. The van der Waals surface area contributed by atoms with Crippen molar-refractivity contribution in [2.45, 2.75) is 59.5 Å². The molecule has 2 amide bonds. The van der Waals surface area contributed by atoms with Crippen LogP contribution in [0.5, 0.6) is 0 Å². The molecule has 2 unspecified atom stereocenters. The first-order valence-corrected chi connectivity index (χ1v) is 13.1. The maximum atomic E-state index is 13.6. The van der Waals surface area contributed by atoms with E-state index in [-0.39, 0.29) is 30.3 Å². The van der Waals surface area contributed by atoms with Crippen molar-refractivity contribution in [1.29, 1.82) is 0 Å². The highest BCUT2D eigenvalue weighted by molar-refractivity contribution is 5.99. The second kappa shape index (κ2) is 11.3. The van der Waals surface area contributed by atoms with Crippen LogP contribution in [-0.2, 0) is 9.53 Å². The summed E-state index contributed by atoms with van der Waals surface area (Å²) in [5, 5.41) is 6.01. The van der Waals surface area contributed by atoms with Gasteiger partial charge in [-0.05, 0) is 76.3 Å². The highest BCUT2D eigenvalue weighted by atomic mass is 16.5. The molecule has 0 bridgehead atoms. The number of nitrogens with one attached hydrogen (secondary N) is 2. The Morgan fingerprint density at radius 1 is 1.08 bits per heavy atom. The van der Waals surface area contributed by atoms with Gasteiger partial charge in [0.1, 0.15) is 0 Å². The Balaban J connectivity index is 1.68. The lowest BCUT2D eigenvalue weighted by Crippen LogP contribution is -2.45. The van der Waals surface area contributed by atoms with E-state index in [4.69, 9.17) is 4.74 Å². The monoisotopic (exact) mass is 489 g/mol. The Morgan fingerprint density at radius 2 is 1.78 bits per heavy atom. The molecule has 2 aliphatic rings. The number of anilines is 1. The van der Waals surface area contributed by atoms with Crippen molar-refractivity contribution in [2.24, 2.45) is 5.92 Å². The molecular weight excluding hydrogens is 450 g/mol. The van der Waals surface area contributed by atoms with E-state index in [9.17, 15) is 9.59 Å². The Bertz CT molecular complexity index is 1130. The second-order valence-corrected chi connectivity index (χ2v) is 10.1. The summed E-state index contributed by atoms with van der Waals surface area (Å²) in [6.07, 6.45) is 4.00. The van der Waals surface area contributed by atoms with Crippen LogP contribution in [0, 0.1) is 19.8 Å². The van der Waals surface area contributed by atoms with Gasteiger partial charge in [-0.3, -0.25) is 9.59 Å². The van der Waals surface area contributed by atoms with Crippen molar-refractivity contribution < 1.29 is 14.3 Å². The second-order valence-electron chi connectivity index (χ2n) is 10.1. The van der Waals surface area contributed by atoms with E-state index >= 15 is 0 Å². The summed E-state index contributed by atoms with van der Waals surface area (Å²) in [6.45, 7) is 12.9. The standard InChI is InChI=1S/C30H39N3O3/c1-6-33(25-11-13-36-14-12-25)28-17-24(23-9-7-19(2)8-10-23)16-26(22(28)5)29(34)31-18-27-20(3)15-21(4)32-30(27)35/h7-10,15-17,21,25,27H,6,11-14,18H2,1-5H3,(H,31,34)(H,32,35). The molecule has 2 aliphatic heterocycles. The Morgan fingerprint density at radius 3 is 2.42 bits per heavy atom. The fraction of sp³-hybridized carbons (Fsp3) is 0.467. The molecular formula is C30H39N3O3. The van der Waals surface area contributed by atoms with Gasteiger partial charge in [0.25, 0.3) is 5.91 Å². The molecule has 2 atom stereocenters. The SMILES string of the molecule is CCN(c1cc(-c2ccc(C)cc2)cc(C(=O)NCC2C(=O)NC(C)C=C2C)c1C)C1CCOCC1. The smallest absolute Gasteiger partial charge is 0.251 e. The van der Waals surface area contributed by atoms with E-state index in [0.717, 1.165) is 60.6 Å². The number of carbonyl (C=O) groups excluding carboxylic acids is 2. The number of carbonyl (C=O) groups is 2. The molecule has 4 rings (SSSR count). The topological polar surface area (TPSA) is 70.7 Å². The zero-order valence-corrected chi connectivity index (χ0v) is 22.2. The first-order valence-electron chi connectivity index (χ1n) is 13.1. The number of benzene rings is 2. The van der Waals surface area contributed by atoms with Gasteiger partial charge in [-0.15, -0.1) is 0 Å². The van der Waals surface area contributed by atoms with E-state index in [1.807, 2.05) is 32.9 Å². The Kier molecular flexibility index (Phi) is 8.14. The first kappa shape index (κ1) is 26.0. The van der Waals surface area contributed by atoms with E-state index in [0.29, 0.717) is 11.6 Å². The van der Waals surface area contributed by atoms with Gasteiger partial charge < -0.3 is 20.3 Å². The molecule has 0 aliphatic carbocycles. The van der Waals surface area contributed by atoms with Gasteiger partial charge in [-0.25, -0.2) is 0 Å². The van der Waals surface area contributed by atoms with Gasteiger partial charge in [0, 0.05) is 49.6 Å². The largest absolute Gasteiger partial charge is 0.381 e. The van der Waals surface area contributed by atoms with Gasteiger partial charge in [-0.2, -0.15) is 0 Å². The summed E-state index contributed by atoms with van der Waals surface area (Å²) in [4.78, 5) is 28.5.